The third kappa shape index (κ3) is 2.77. The number of ether oxygens (including phenoxy) is 1. The number of carbonyl (C=O) groups is 1. The Bertz CT molecular complexity index is 406. The van der Waals surface area contributed by atoms with Crippen molar-refractivity contribution in [1.29, 1.82) is 0 Å². The largest absolute Gasteiger partial charge is 0.496 e. The fraction of sp³-hybridized carbons (Fsp3) is 0.462. The number of nitrogens with zero attached hydrogens (tertiary/aromatic N) is 1. The molecule has 0 spiro atoms. The van der Waals surface area contributed by atoms with Crippen molar-refractivity contribution in [1.82, 2.24) is 10.2 Å². The molecule has 0 saturated carbocycles. The topological polar surface area (TPSA) is 41.6 Å². The summed E-state index contributed by atoms with van der Waals surface area (Å²) < 4.78 is 5.18. The van der Waals surface area contributed by atoms with E-state index in [0.717, 1.165) is 19.5 Å². The van der Waals surface area contributed by atoms with Crippen molar-refractivity contribution in [3.05, 3.63) is 29.8 Å². The van der Waals surface area contributed by atoms with Crippen LogP contribution in [-0.4, -0.2) is 44.1 Å². The molecular formula is C13H18N2O2. The lowest BCUT2D eigenvalue weighted by Crippen LogP contribution is -2.36. The van der Waals surface area contributed by atoms with Gasteiger partial charge in [0.05, 0.1) is 12.7 Å². The summed E-state index contributed by atoms with van der Waals surface area (Å²) in [6.45, 7) is 1.96. The van der Waals surface area contributed by atoms with Crippen molar-refractivity contribution >= 4 is 5.91 Å². The van der Waals surface area contributed by atoms with Crippen LogP contribution in [0.25, 0.3) is 0 Å². The number of hydrogen-bond donors (Lipinski definition) is 1. The number of benzene rings is 1. The lowest BCUT2D eigenvalue weighted by Gasteiger charge is -2.14. The fourth-order valence-electron chi connectivity index (χ4n) is 2.15. The van der Waals surface area contributed by atoms with E-state index in [9.17, 15) is 4.79 Å². The first-order valence-electron chi connectivity index (χ1n) is 5.83. The Morgan fingerprint density at radius 3 is 2.88 bits per heavy atom. The molecule has 92 valence electrons. The highest BCUT2D eigenvalue weighted by atomic mass is 16.5. The summed E-state index contributed by atoms with van der Waals surface area (Å²) in [5.74, 6) is 0.569. The van der Waals surface area contributed by atoms with Gasteiger partial charge in [-0.1, -0.05) is 12.1 Å². The van der Waals surface area contributed by atoms with Gasteiger partial charge in [-0.2, -0.15) is 0 Å². The van der Waals surface area contributed by atoms with E-state index in [1.807, 2.05) is 12.1 Å². The van der Waals surface area contributed by atoms with E-state index < -0.39 is 0 Å². The Morgan fingerprint density at radius 1 is 1.47 bits per heavy atom. The number of para-hydroxylation sites is 1. The fourth-order valence-corrected chi connectivity index (χ4v) is 2.15. The standard InChI is InChI=1S/C13H18N2O2/c1-15-8-7-10(9-15)14-13(16)11-5-3-4-6-12(11)17-2/h3-6,10H,7-9H2,1-2H3,(H,14,16)/t10-/m0/s1. The molecule has 1 amide bonds. The number of hydrogen-bond acceptors (Lipinski definition) is 3. The summed E-state index contributed by atoms with van der Waals surface area (Å²) in [7, 11) is 3.64. The second-order valence-corrected chi connectivity index (χ2v) is 4.42. The number of carbonyl (C=O) groups excluding carboxylic acids is 1. The molecule has 1 atom stereocenters. The Balaban J connectivity index is 2.04. The molecule has 0 aliphatic carbocycles. The molecule has 0 unspecified atom stereocenters. The zero-order valence-corrected chi connectivity index (χ0v) is 10.3. The van der Waals surface area contributed by atoms with Crippen LogP contribution < -0.4 is 10.1 Å². The smallest absolute Gasteiger partial charge is 0.255 e. The summed E-state index contributed by atoms with van der Waals surface area (Å²) in [5, 5.41) is 3.04. The number of nitrogens with one attached hydrogen (secondary N) is 1. The van der Waals surface area contributed by atoms with E-state index in [0.29, 0.717) is 11.3 Å². The van der Waals surface area contributed by atoms with Gasteiger partial charge in [-0.25, -0.2) is 0 Å². The summed E-state index contributed by atoms with van der Waals surface area (Å²) in [6.07, 6.45) is 1.01. The van der Waals surface area contributed by atoms with Gasteiger partial charge in [-0.05, 0) is 32.1 Å². The molecule has 1 fully saturated rings. The molecule has 4 nitrogen and oxygen atoms in total. The first-order valence-corrected chi connectivity index (χ1v) is 5.83. The molecule has 2 rings (SSSR count). The monoisotopic (exact) mass is 234 g/mol. The maximum atomic E-state index is 12.1. The highest BCUT2D eigenvalue weighted by Crippen LogP contribution is 2.17. The minimum atomic E-state index is -0.0530. The summed E-state index contributed by atoms with van der Waals surface area (Å²) in [6, 6.07) is 7.54. The molecule has 1 aliphatic rings. The number of rotatable bonds is 3. The third-order valence-corrected chi connectivity index (χ3v) is 3.08. The van der Waals surface area contributed by atoms with Gasteiger partial charge in [0.15, 0.2) is 0 Å². The van der Waals surface area contributed by atoms with E-state index in [4.69, 9.17) is 4.74 Å². The Kier molecular flexibility index (Phi) is 3.64. The second-order valence-electron chi connectivity index (χ2n) is 4.42. The molecule has 1 N–H and O–H groups in total. The van der Waals surface area contributed by atoms with Crippen LogP contribution in [0.3, 0.4) is 0 Å². The van der Waals surface area contributed by atoms with Crippen LogP contribution in [0.5, 0.6) is 5.75 Å². The summed E-state index contributed by atoms with van der Waals surface area (Å²) >= 11 is 0. The van der Waals surface area contributed by atoms with Gasteiger partial charge in [0.25, 0.3) is 5.91 Å². The Morgan fingerprint density at radius 2 is 2.24 bits per heavy atom. The minimum absolute atomic E-state index is 0.0530. The van der Waals surface area contributed by atoms with Crippen LogP contribution >= 0.6 is 0 Å². The molecule has 1 aromatic rings. The number of likely N-dealkylation sites (N-methyl/N-ethyl adjacent to an activating group) is 1. The van der Waals surface area contributed by atoms with Crippen molar-refractivity contribution < 1.29 is 9.53 Å². The van der Waals surface area contributed by atoms with Crippen LogP contribution in [-0.2, 0) is 0 Å². The molecular weight excluding hydrogens is 216 g/mol. The maximum absolute atomic E-state index is 12.1. The van der Waals surface area contributed by atoms with Crippen molar-refractivity contribution in [3.8, 4) is 5.75 Å². The summed E-state index contributed by atoms with van der Waals surface area (Å²) in [5.41, 5.74) is 0.601. The first-order chi connectivity index (χ1) is 8.20. The normalized spacial score (nSPS) is 20.2. The van der Waals surface area contributed by atoms with E-state index in [2.05, 4.69) is 17.3 Å². The van der Waals surface area contributed by atoms with Crippen molar-refractivity contribution in [2.24, 2.45) is 0 Å². The summed E-state index contributed by atoms with van der Waals surface area (Å²) in [4.78, 5) is 14.3. The number of likely N-dealkylation sites (tertiary alicyclic amines) is 1. The number of amides is 1. The van der Waals surface area contributed by atoms with Crippen molar-refractivity contribution in [2.45, 2.75) is 12.5 Å². The van der Waals surface area contributed by atoms with Crippen molar-refractivity contribution in [3.63, 3.8) is 0 Å². The van der Waals surface area contributed by atoms with Gasteiger partial charge < -0.3 is 15.0 Å². The SMILES string of the molecule is COc1ccccc1C(=O)N[C@H]1CCN(C)C1. The average molecular weight is 234 g/mol. The van der Waals surface area contributed by atoms with Gasteiger partial charge in [0.1, 0.15) is 5.75 Å². The molecule has 1 saturated heterocycles. The van der Waals surface area contributed by atoms with Crippen LogP contribution in [0.2, 0.25) is 0 Å². The lowest BCUT2D eigenvalue weighted by molar-refractivity contribution is 0.0935. The van der Waals surface area contributed by atoms with Crippen LogP contribution in [0.1, 0.15) is 16.8 Å². The highest BCUT2D eigenvalue weighted by Gasteiger charge is 2.22. The Hall–Kier alpha value is -1.55. The molecule has 17 heavy (non-hydrogen) atoms. The van der Waals surface area contributed by atoms with Gasteiger partial charge in [0, 0.05) is 12.6 Å². The molecule has 0 radical (unpaired) electrons. The molecule has 1 aromatic carbocycles. The van der Waals surface area contributed by atoms with E-state index >= 15 is 0 Å². The first kappa shape index (κ1) is 11.9. The van der Waals surface area contributed by atoms with Crippen LogP contribution in [0.4, 0.5) is 0 Å². The molecule has 0 aromatic heterocycles. The quantitative estimate of drug-likeness (QED) is 0.852. The van der Waals surface area contributed by atoms with Gasteiger partial charge >= 0.3 is 0 Å². The van der Waals surface area contributed by atoms with Crippen LogP contribution in [0.15, 0.2) is 24.3 Å². The second kappa shape index (κ2) is 5.19. The maximum Gasteiger partial charge on any atom is 0.255 e. The molecule has 1 heterocycles. The average Bonchev–Trinajstić information content (AvgIpc) is 2.74. The zero-order valence-electron chi connectivity index (χ0n) is 10.3. The highest BCUT2D eigenvalue weighted by molar-refractivity contribution is 5.97. The van der Waals surface area contributed by atoms with E-state index in [1.54, 1.807) is 19.2 Å². The van der Waals surface area contributed by atoms with Crippen LogP contribution in [0, 0.1) is 0 Å². The third-order valence-electron chi connectivity index (χ3n) is 3.08. The van der Waals surface area contributed by atoms with Crippen molar-refractivity contribution in [2.75, 3.05) is 27.2 Å². The molecule has 0 bridgehead atoms. The Labute approximate surface area is 102 Å². The van der Waals surface area contributed by atoms with Gasteiger partial charge in [0.2, 0.25) is 0 Å². The lowest BCUT2D eigenvalue weighted by atomic mass is 10.1. The predicted molar refractivity (Wildman–Crippen MR) is 66.4 cm³/mol. The molecule has 1 aliphatic heterocycles. The number of methoxy groups -OCH3 is 1. The molecule has 4 heteroatoms. The van der Waals surface area contributed by atoms with E-state index in [1.165, 1.54) is 0 Å². The van der Waals surface area contributed by atoms with Gasteiger partial charge in [-0.15, -0.1) is 0 Å². The minimum Gasteiger partial charge on any atom is -0.496 e. The predicted octanol–water partition coefficient (Wildman–Crippen LogP) is 1.13. The zero-order chi connectivity index (χ0) is 12.3. The van der Waals surface area contributed by atoms with E-state index in [-0.39, 0.29) is 11.9 Å². The van der Waals surface area contributed by atoms with Gasteiger partial charge in [-0.3, -0.25) is 4.79 Å².